The average molecular weight is 283 g/mol. The lowest BCUT2D eigenvalue weighted by atomic mass is 10.2. The number of hydrogen-bond acceptors (Lipinski definition) is 0. The second kappa shape index (κ2) is 4.35. The summed E-state index contributed by atoms with van der Waals surface area (Å²) in [6, 6.07) is 8.04. The Hall–Kier alpha value is -0.840. The molecule has 0 nitrogen and oxygen atoms in total. The topological polar surface area (TPSA) is 0 Å². The van der Waals surface area contributed by atoms with Crippen LogP contribution in [0.4, 0.5) is 17.6 Å². The maximum absolute atomic E-state index is 12.7. The SMILES string of the molecule is FC(F)(Br)C(F)(F)/C=C/c1ccccc1. The van der Waals surface area contributed by atoms with Crippen LogP contribution in [0.2, 0.25) is 0 Å². The molecule has 1 aromatic carbocycles. The van der Waals surface area contributed by atoms with Gasteiger partial charge in [0.25, 0.3) is 0 Å². The van der Waals surface area contributed by atoms with E-state index in [0.717, 1.165) is 6.08 Å². The molecule has 0 aliphatic heterocycles. The zero-order chi connectivity index (χ0) is 11.5. The summed E-state index contributed by atoms with van der Waals surface area (Å²) < 4.78 is 50.1. The highest BCUT2D eigenvalue weighted by Crippen LogP contribution is 2.40. The van der Waals surface area contributed by atoms with E-state index < -0.39 is 10.8 Å². The maximum Gasteiger partial charge on any atom is 0.367 e. The first kappa shape index (κ1) is 12.2. The Balaban J connectivity index is 2.83. The van der Waals surface area contributed by atoms with Crippen LogP contribution < -0.4 is 0 Å². The maximum atomic E-state index is 12.7. The molecule has 0 fully saturated rings. The van der Waals surface area contributed by atoms with E-state index in [1.807, 2.05) is 0 Å². The van der Waals surface area contributed by atoms with E-state index in [0.29, 0.717) is 5.56 Å². The van der Waals surface area contributed by atoms with E-state index in [-0.39, 0.29) is 6.08 Å². The Morgan fingerprint density at radius 2 is 1.53 bits per heavy atom. The van der Waals surface area contributed by atoms with Crippen molar-refractivity contribution in [3.63, 3.8) is 0 Å². The third kappa shape index (κ3) is 3.34. The molecule has 0 saturated heterocycles. The van der Waals surface area contributed by atoms with E-state index in [1.165, 1.54) is 0 Å². The van der Waals surface area contributed by atoms with Crippen LogP contribution in [-0.4, -0.2) is 10.8 Å². The molecule has 0 saturated carbocycles. The van der Waals surface area contributed by atoms with Crippen molar-refractivity contribution in [2.24, 2.45) is 0 Å². The summed E-state index contributed by atoms with van der Waals surface area (Å²) in [5, 5.41) is 0. The first-order valence-electron chi connectivity index (χ1n) is 4.02. The van der Waals surface area contributed by atoms with Gasteiger partial charge in [0.1, 0.15) is 0 Å². The van der Waals surface area contributed by atoms with Gasteiger partial charge in [0.05, 0.1) is 0 Å². The number of benzene rings is 1. The van der Waals surface area contributed by atoms with Crippen molar-refractivity contribution in [1.82, 2.24) is 0 Å². The lowest BCUT2D eigenvalue weighted by Gasteiger charge is -2.17. The molecular formula is C10H7BrF4. The minimum absolute atomic E-state index is 0.178. The van der Waals surface area contributed by atoms with Crippen molar-refractivity contribution in [2.45, 2.75) is 10.8 Å². The lowest BCUT2D eigenvalue weighted by Crippen LogP contribution is -2.32. The Morgan fingerprint density at radius 3 is 2.00 bits per heavy atom. The van der Waals surface area contributed by atoms with Crippen LogP contribution in [-0.2, 0) is 0 Å². The third-order valence-electron chi connectivity index (χ3n) is 1.66. The predicted molar refractivity (Wildman–Crippen MR) is 54.3 cm³/mol. The highest BCUT2D eigenvalue weighted by Gasteiger charge is 2.52. The molecule has 0 aliphatic carbocycles. The third-order valence-corrected chi connectivity index (χ3v) is 2.19. The summed E-state index contributed by atoms with van der Waals surface area (Å²) >= 11 is 1.64. The van der Waals surface area contributed by atoms with Gasteiger partial charge in [-0.1, -0.05) is 36.4 Å². The molecule has 0 aliphatic rings. The van der Waals surface area contributed by atoms with Crippen molar-refractivity contribution < 1.29 is 17.6 Å². The monoisotopic (exact) mass is 282 g/mol. The number of alkyl halides is 5. The average Bonchev–Trinajstić information content (AvgIpc) is 2.15. The molecule has 5 heteroatoms. The van der Waals surface area contributed by atoms with E-state index in [9.17, 15) is 17.6 Å². The van der Waals surface area contributed by atoms with Crippen LogP contribution in [0.15, 0.2) is 36.4 Å². The van der Waals surface area contributed by atoms with Crippen molar-refractivity contribution in [1.29, 1.82) is 0 Å². The van der Waals surface area contributed by atoms with Gasteiger partial charge in [-0.2, -0.15) is 17.6 Å². The summed E-state index contributed by atoms with van der Waals surface area (Å²) in [5.74, 6) is -4.21. The van der Waals surface area contributed by atoms with Crippen LogP contribution >= 0.6 is 15.9 Å². The summed E-state index contributed by atoms with van der Waals surface area (Å²) in [4.78, 5) is -4.23. The van der Waals surface area contributed by atoms with Crippen molar-refractivity contribution in [2.75, 3.05) is 0 Å². The highest BCUT2D eigenvalue weighted by atomic mass is 79.9. The van der Waals surface area contributed by atoms with Gasteiger partial charge in [-0.3, -0.25) is 0 Å². The molecule has 1 rings (SSSR count). The van der Waals surface area contributed by atoms with Gasteiger partial charge in [-0.15, -0.1) is 0 Å². The molecule has 0 aromatic heterocycles. The number of hydrogen-bond donors (Lipinski definition) is 0. The molecule has 0 atom stereocenters. The second-order valence-corrected chi connectivity index (χ2v) is 3.86. The fourth-order valence-electron chi connectivity index (χ4n) is 0.860. The van der Waals surface area contributed by atoms with Gasteiger partial charge < -0.3 is 0 Å². The van der Waals surface area contributed by atoms with E-state index in [2.05, 4.69) is 0 Å². The van der Waals surface area contributed by atoms with E-state index in [4.69, 9.17) is 0 Å². The normalized spacial score (nSPS) is 13.4. The largest absolute Gasteiger partial charge is 0.367 e. The van der Waals surface area contributed by atoms with Crippen molar-refractivity contribution in [3.05, 3.63) is 42.0 Å². The minimum Gasteiger partial charge on any atom is -0.194 e. The summed E-state index contributed by atoms with van der Waals surface area (Å²) in [6.45, 7) is 0. The van der Waals surface area contributed by atoms with Gasteiger partial charge in [0.15, 0.2) is 0 Å². The summed E-state index contributed by atoms with van der Waals surface area (Å²) in [6.07, 6.45) is 1.13. The van der Waals surface area contributed by atoms with Crippen LogP contribution in [0.5, 0.6) is 0 Å². The zero-order valence-electron chi connectivity index (χ0n) is 7.43. The quantitative estimate of drug-likeness (QED) is 0.572. The zero-order valence-corrected chi connectivity index (χ0v) is 9.02. The van der Waals surface area contributed by atoms with Gasteiger partial charge >= 0.3 is 10.8 Å². The second-order valence-electron chi connectivity index (χ2n) is 2.86. The van der Waals surface area contributed by atoms with Gasteiger partial charge in [-0.25, -0.2) is 0 Å². The standard InChI is InChI=1S/C10H7BrF4/c11-10(14,15)9(12,13)7-6-8-4-2-1-3-5-8/h1-7H/b7-6+. The van der Waals surface area contributed by atoms with E-state index >= 15 is 0 Å². The summed E-state index contributed by atoms with van der Waals surface area (Å²) in [7, 11) is 0. The van der Waals surface area contributed by atoms with Crippen LogP contribution in [0.3, 0.4) is 0 Å². The number of allylic oxidation sites excluding steroid dienone is 1. The van der Waals surface area contributed by atoms with Gasteiger partial charge in [0, 0.05) is 0 Å². The van der Waals surface area contributed by atoms with Crippen molar-refractivity contribution >= 4 is 22.0 Å². The fraction of sp³-hybridized carbons (Fsp3) is 0.200. The minimum atomic E-state index is -4.23. The molecule has 0 spiro atoms. The molecule has 0 unspecified atom stereocenters. The molecule has 0 N–H and O–H groups in total. The smallest absolute Gasteiger partial charge is 0.194 e. The molecule has 0 heterocycles. The fourth-order valence-corrected chi connectivity index (χ4v) is 0.992. The molecule has 82 valence electrons. The highest BCUT2D eigenvalue weighted by molar-refractivity contribution is 9.10. The van der Waals surface area contributed by atoms with Gasteiger partial charge in [0.2, 0.25) is 0 Å². The van der Waals surface area contributed by atoms with E-state index in [1.54, 1.807) is 46.3 Å². The van der Waals surface area contributed by atoms with Crippen LogP contribution in [0.1, 0.15) is 5.56 Å². The predicted octanol–water partition coefficient (Wildman–Crippen LogP) is 4.32. The lowest BCUT2D eigenvalue weighted by molar-refractivity contribution is -0.110. The Morgan fingerprint density at radius 1 is 1.00 bits per heavy atom. The molecule has 1 aromatic rings. The van der Waals surface area contributed by atoms with Gasteiger partial charge in [-0.05, 0) is 27.6 Å². The molecular weight excluding hydrogens is 276 g/mol. The molecule has 0 bridgehead atoms. The summed E-state index contributed by atoms with van der Waals surface area (Å²) in [5.41, 5.74) is 0.439. The molecule has 0 amide bonds. The Labute approximate surface area is 92.7 Å². The Kier molecular flexibility index (Phi) is 3.54. The number of halogens is 5. The first-order valence-corrected chi connectivity index (χ1v) is 4.81. The first-order chi connectivity index (χ1) is 6.83. The van der Waals surface area contributed by atoms with Crippen LogP contribution in [0, 0.1) is 0 Å². The molecule has 0 radical (unpaired) electrons. The molecule has 15 heavy (non-hydrogen) atoms. The van der Waals surface area contributed by atoms with Crippen molar-refractivity contribution in [3.8, 4) is 0 Å². The number of rotatable bonds is 3. The Bertz CT molecular complexity index is 340. The van der Waals surface area contributed by atoms with Crippen LogP contribution in [0.25, 0.3) is 6.08 Å².